The monoisotopic (exact) mass is 319 g/mol. The summed E-state index contributed by atoms with van der Waals surface area (Å²) in [6, 6.07) is 3.49. The third-order valence-corrected chi connectivity index (χ3v) is 4.48. The van der Waals surface area contributed by atoms with E-state index >= 15 is 0 Å². The van der Waals surface area contributed by atoms with E-state index in [-0.39, 0.29) is 15.8 Å². The van der Waals surface area contributed by atoms with E-state index in [0.717, 1.165) is 24.4 Å². The van der Waals surface area contributed by atoms with Crippen LogP contribution in [0.15, 0.2) is 24.3 Å². The summed E-state index contributed by atoms with van der Waals surface area (Å²) >= 11 is 11.9. The number of alkyl halides is 2. The summed E-state index contributed by atoms with van der Waals surface area (Å²) in [6.07, 6.45) is 6.67. The van der Waals surface area contributed by atoms with Crippen LogP contribution in [0, 0.1) is 11.8 Å². The molecule has 1 aromatic carbocycles. The van der Waals surface area contributed by atoms with Crippen LogP contribution in [-0.2, 0) is 0 Å². The first-order valence-corrected chi connectivity index (χ1v) is 7.17. The first-order chi connectivity index (χ1) is 9.54. The molecule has 0 bridgehead atoms. The Morgan fingerprint density at radius 2 is 1.95 bits per heavy atom. The van der Waals surface area contributed by atoms with Crippen molar-refractivity contribution in [2.75, 3.05) is 5.32 Å². The average Bonchev–Trinajstić information content (AvgIpc) is 2.72. The van der Waals surface area contributed by atoms with Gasteiger partial charge in [-0.2, -0.15) is 8.78 Å². The number of hydrogen-bond donors (Lipinski definition) is 1. The Kier molecular flexibility index (Phi) is 3.78. The van der Waals surface area contributed by atoms with Crippen molar-refractivity contribution in [2.24, 2.45) is 11.8 Å². The maximum absolute atomic E-state index is 12.2. The summed E-state index contributed by atoms with van der Waals surface area (Å²) in [5.41, 5.74) is 0.727. The van der Waals surface area contributed by atoms with E-state index in [9.17, 15) is 8.78 Å². The highest BCUT2D eigenvalue weighted by Gasteiger charge is 2.40. The number of nitrogens with one attached hydrogen (secondary N) is 1. The minimum Gasteiger partial charge on any atom is -0.432 e. The van der Waals surface area contributed by atoms with Gasteiger partial charge in [0.05, 0.1) is 10.0 Å². The van der Waals surface area contributed by atoms with Crippen molar-refractivity contribution in [1.82, 2.24) is 0 Å². The molecular weight excluding hydrogens is 307 g/mol. The second-order valence-corrected chi connectivity index (χ2v) is 5.95. The minimum atomic E-state index is -2.94. The lowest BCUT2D eigenvalue weighted by molar-refractivity contribution is -0.0497. The van der Waals surface area contributed by atoms with Crippen LogP contribution in [0.2, 0.25) is 10.0 Å². The Labute approximate surface area is 125 Å². The number of ether oxygens (including phenoxy) is 1. The highest BCUT2D eigenvalue weighted by Crippen LogP contribution is 2.45. The number of halogens is 4. The molecule has 108 valence electrons. The zero-order chi connectivity index (χ0) is 14.3. The minimum absolute atomic E-state index is 0.0816. The van der Waals surface area contributed by atoms with Gasteiger partial charge in [0.25, 0.3) is 0 Å². The van der Waals surface area contributed by atoms with Crippen LogP contribution in [-0.4, -0.2) is 12.7 Å². The average molecular weight is 320 g/mol. The van der Waals surface area contributed by atoms with E-state index in [1.54, 1.807) is 12.1 Å². The highest BCUT2D eigenvalue weighted by atomic mass is 35.5. The molecule has 0 amide bonds. The summed E-state index contributed by atoms with van der Waals surface area (Å²) in [6.45, 7) is -2.94. The van der Waals surface area contributed by atoms with E-state index in [2.05, 4.69) is 22.2 Å². The molecule has 3 rings (SSSR count). The van der Waals surface area contributed by atoms with E-state index in [0.29, 0.717) is 12.0 Å². The quantitative estimate of drug-likeness (QED) is 0.791. The third kappa shape index (κ3) is 2.59. The molecule has 6 heteroatoms. The fourth-order valence-corrected chi connectivity index (χ4v) is 3.52. The van der Waals surface area contributed by atoms with Crippen molar-refractivity contribution >= 4 is 28.9 Å². The van der Waals surface area contributed by atoms with Crippen LogP contribution in [0.1, 0.15) is 12.8 Å². The molecular formula is C14H13Cl2F2NO. The zero-order valence-corrected chi connectivity index (χ0v) is 12.0. The van der Waals surface area contributed by atoms with Gasteiger partial charge in [0.2, 0.25) is 0 Å². The fourth-order valence-electron chi connectivity index (χ4n) is 2.94. The fraction of sp³-hybridized carbons (Fsp3) is 0.429. The largest absolute Gasteiger partial charge is 0.432 e. The zero-order valence-electron chi connectivity index (χ0n) is 10.5. The van der Waals surface area contributed by atoms with Gasteiger partial charge in [-0.3, -0.25) is 0 Å². The number of fused-ring (bicyclic) bond motifs is 1. The first kappa shape index (κ1) is 14.0. The number of allylic oxidation sites excluding steroid dienone is 1. The van der Waals surface area contributed by atoms with Crippen molar-refractivity contribution in [3.8, 4) is 5.75 Å². The summed E-state index contributed by atoms with van der Waals surface area (Å²) in [5.74, 6) is 1.10. The number of hydrogen-bond acceptors (Lipinski definition) is 2. The summed E-state index contributed by atoms with van der Waals surface area (Å²) in [4.78, 5) is 0. The molecule has 0 spiro atoms. The maximum Gasteiger partial charge on any atom is 0.387 e. The van der Waals surface area contributed by atoms with E-state index in [1.165, 1.54) is 0 Å². The van der Waals surface area contributed by atoms with E-state index in [4.69, 9.17) is 23.2 Å². The molecule has 0 aliphatic heterocycles. The standard InChI is InChI=1S/C14H13Cl2F2NO/c15-10-5-8(6-11(16)13(10)20-14(17)18)19-12-4-7-2-1-3-9(7)12/h1,3,5-7,9,12,14,19H,2,4H2. The molecule has 2 nitrogen and oxygen atoms in total. The Morgan fingerprint density at radius 3 is 2.55 bits per heavy atom. The van der Waals surface area contributed by atoms with Gasteiger partial charge in [0, 0.05) is 17.6 Å². The molecule has 0 radical (unpaired) electrons. The van der Waals surface area contributed by atoms with Crippen molar-refractivity contribution in [3.63, 3.8) is 0 Å². The van der Waals surface area contributed by atoms with Crippen molar-refractivity contribution < 1.29 is 13.5 Å². The lowest BCUT2D eigenvalue weighted by Crippen LogP contribution is -2.43. The number of rotatable bonds is 4. The molecule has 0 saturated heterocycles. The van der Waals surface area contributed by atoms with E-state index in [1.807, 2.05) is 0 Å². The molecule has 1 N–H and O–H groups in total. The molecule has 2 aliphatic carbocycles. The molecule has 3 atom stereocenters. The molecule has 1 saturated carbocycles. The summed E-state index contributed by atoms with van der Waals surface area (Å²) in [5, 5.41) is 3.51. The van der Waals surface area contributed by atoms with Crippen molar-refractivity contribution in [2.45, 2.75) is 25.5 Å². The Balaban J connectivity index is 1.73. The molecule has 0 aromatic heterocycles. The first-order valence-electron chi connectivity index (χ1n) is 6.41. The predicted octanol–water partition coefficient (Wildman–Crippen LogP) is 4.97. The van der Waals surface area contributed by atoms with Crippen LogP contribution < -0.4 is 10.1 Å². The molecule has 1 aromatic rings. The summed E-state index contributed by atoms with van der Waals surface area (Å²) < 4.78 is 28.8. The Morgan fingerprint density at radius 1 is 1.25 bits per heavy atom. The second-order valence-electron chi connectivity index (χ2n) is 5.14. The molecule has 20 heavy (non-hydrogen) atoms. The van der Waals surface area contributed by atoms with Gasteiger partial charge >= 0.3 is 6.61 Å². The smallest absolute Gasteiger partial charge is 0.387 e. The van der Waals surface area contributed by atoms with Crippen molar-refractivity contribution in [1.29, 1.82) is 0 Å². The predicted molar refractivity (Wildman–Crippen MR) is 75.9 cm³/mol. The molecule has 1 fully saturated rings. The second kappa shape index (κ2) is 5.41. The lowest BCUT2D eigenvalue weighted by Gasteiger charge is -2.41. The SMILES string of the molecule is FC(F)Oc1c(Cl)cc(NC2CC3CC=CC32)cc1Cl. The van der Waals surface area contributed by atoms with Gasteiger partial charge in [0.15, 0.2) is 5.75 Å². The highest BCUT2D eigenvalue weighted by molar-refractivity contribution is 6.37. The van der Waals surface area contributed by atoms with Gasteiger partial charge in [-0.25, -0.2) is 0 Å². The van der Waals surface area contributed by atoms with Gasteiger partial charge in [-0.1, -0.05) is 35.4 Å². The normalized spacial score (nSPS) is 27.4. The summed E-state index contributed by atoms with van der Waals surface area (Å²) in [7, 11) is 0. The molecule has 0 heterocycles. The molecule has 3 unspecified atom stereocenters. The Bertz CT molecular complexity index is 527. The van der Waals surface area contributed by atoms with Crippen molar-refractivity contribution in [3.05, 3.63) is 34.3 Å². The van der Waals surface area contributed by atoms with Gasteiger partial charge in [-0.05, 0) is 30.9 Å². The third-order valence-electron chi connectivity index (χ3n) is 3.92. The number of benzene rings is 1. The maximum atomic E-state index is 12.2. The van der Waals surface area contributed by atoms with Gasteiger partial charge < -0.3 is 10.1 Å². The van der Waals surface area contributed by atoms with E-state index < -0.39 is 6.61 Å². The van der Waals surface area contributed by atoms with Crippen LogP contribution in [0.4, 0.5) is 14.5 Å². The topological polar surface area (TPSA) is 21.3 Å². The Hall–Kier alpha value is -1.00. The van der Waals surface area contributed by atoms with Gasteiger partial charge in [-0.15, -0.1) is 0 Å². The van der Waals surface area contributed by atoms with Crippen LogP contribution >= 0.6 is 23.2 Å². The lowest BCUT2D eigenvalue weighted by atomic mass is 9.71. The molecule has 2 aliphatic rings. The van der Waals surface area contributed by atoms with Crippen LogP contribution in [0.5, 0.6) is 5.75 Å². The number of anilines is 1. The van der Waals surface area contributed by atoms with Crippen LogP contribution in [0.25, 0.3) is 0 Å². The van der Waals surface area contributed by atoms with Gasteiger partial charge in [0.1, 0.15) is 0 Å². The van der Waals surface area contributed by atoms with Crippen LogP contribution in [0.3, 0.4) is 0 Å².